The summed E-state index contributed by atoms with van der Waals surface area (Å²) in [6.45, 7) is 4.13. The van der Waals surface area contributed by atoms with Gasteiger partial charge in [-0.05, 0) is 37.5 Å². The van der Waals surface area contributed by atoms with Crippen LogP contribution in [0, 0.1) is 17.8 Å². The molecular formula is C11H20O2. The molecule has 0 spiro atoms. The lowest BCUT2D eigenvalue weighted by molar-refractivity contribution is -0.173. The van der Waals surface area contributed by atoms with Crippen molar-refractivity contribution >= 4 is 0 Å². The second kappa shape index (κ2) is 2.96. The van der Waals surface area contributed by atoms with Crippen LogP contribution in [-0.2, 0) is 0 Å². The van der Waals surface area contributed by atoms with Gasteiger partial charge in [0.1, 0.15) is 0 Å². The van der Waals surface area contributed by atoms with E-state index in [0.29, 0.717) is 5.92 Å². The molecule has 2 bridgehead atoms. The Morgan fingerprint density at radius 2 is 2.00 bits per heavy atom. The van der Waals surface area contributed by atoms with Gasteiger partial charge < -0.3 is 10.2 Å². The van der Waals surface area contributed by atoms with Crippen LogP contribution in [0.15, 0.2) is 0 Å². The quantitative estimate of drug-likeness (QED) is 0.649. The van der Waals surface area contributed by atoms with Crippen molar-refractivity contribution in [2.75, 3.05) is 0 Å². The molecule has 3 fully saturated rings. The van der Waals surface area contributed by atoms with E-state index in [1.807, 2.05) is 0 Å². The molecule has 3 rings (SSSR count). The van der Waals surface area contributed by atoms with Gasteiger partial charge >= 0.3 is 0 Å². The average molecular weight is 184 g/mol. The summed E-state index contributed by atoms with van der Waals surface area (Å²) < 4.78 is 0. The van der Waals surface area contributed by atoms with Gasteiger partial charge in [-0.25, -0.2) is 0 Å². The summed E-state index contributed by atoms with van der Waals surface area (Å²) in [4.78, 5) is 0. The molecule has 0 aromatic heterocycles. The van der Waals surface area contributed by atoms with Crippen LogP contribution in [0.1, 0.15) is 39.5 Å². The Morgan fingerprint density at radius 1 is 1.31 bits per heavy atom. The van der Waals surface area contributed by atoms with E-state index in [4.69, 9.17) is 0 Å². The van der Waals surface area contributed by atoms with Crippen molar-refractivity contribution in [2.24, 2.45) is 17.8 Å². The standard InChI is InChI=1S/C11H20O2/c1-7(2)11(13)6-8-3-4-9(11)10(12)5-8/h7-10,12-13H,3-6H2,1-2H3/t8-,9+,10-,11-/m0/s1. The summed E-state index contributed by atoms with van der Waals surface area (Å²) in [5.41, 5.74) is -0.583. The zero-order chi connectivity index (χ0) is 9.64. The summed E-state index contributed by atoms with van der Waals surface area (Å²) in [6.07, 6.45) is 3.79. The number of hydrogen-bond acceptors (Lipinski definition) is 2. The fourth-order valence-corrected chi connectivity index (χ4v) is 3.28. The normalized spacial score (nSPS) is 50.1. The topological polar surface area (TPSA) is 40.5 Å². The zero-order valence-corrected chi connectivity index (χ0v) is 8.53. The minimum atomic E-state index is -0.583. The molecule has 0 saturated heterocycles. The van der Waals surface area contributed by atoms with E-state index < -0.39 is 5.60 Å². The summed E-state index contributed by atoms with van der Waals surface area (Å²) in [5, 5.41) is 20.3. The van der Waals surface area contributed by atoms with Crippen LogP contribution in [0.25, 0.3) is 0 Å². The molecule has 0 aromatic carbocycles. The molecule has 0 unspecified atom stereocenters. The predicted molar refractivity (Wildman–Crippen MR) is 51.2 cm³/mol. The van der Waals surface area contributed by atoms with Gasteiger partial charge in [-0.3, -0.25) is 0 Å². The Hall–Kier alpha value is -0.0800. The third-order valence-corrected chi connectivity index (χ3v) is 4.18. The molecule has 0 aromatic rings. The first-order chi connectivity index (χ1) is 6.04. The number of fused-ring (bicyclic) bond motifs is 3. The average Bonchev–Trinajstić information content (AvgIpc) is 2.03. The Labute approximate surface area is 80.0 Å². The molecule has 13 heavy (non-hydrogen) atoms. The van der Waals surface area contributed by atoms with Crippen LogP contribution in [-0.4, -0.2) is 21.9 Å². The third kappa shape index (κ3) is 1.31. The maximum atomic E-state index is 10.4. The first-order valence-corrected chi connectivity index (χ1v) is 5.44. The highest BCUT2D eigenvalue weighted by Crippen LogP contribution is 2.50. The van der Waals surface area contributed by atoms with Crippen molar-refractivity contribution in [3.63, 3.8) is 0 Å². The molecule has 0 radical (unpaired) electrons. The molecule has 0 aliphatic heterocycles. The molecule has 2 nitrogen and oxygen atoms in total. The Morgan fingerprint density at radius 3 is 2.38 bits per heavy atom. The van der Waals surface area contributed by atoms with E-state index in [1.165, 1.54) is 6.42 Å². The van der Waals surface area contributed by atoms with E-state index in [0.717, 1.165) is 19.3 Å². The van der Waals surface area contributed by atoms with E-state index in [-0.39, 0.29) is 17.9 Å². The predicted octanol–water partition coefficient (Wildman–Crippen LogP) is 1.55. The van der Waals surface area contributed by atoms with E-state index in [9.17, 15) is 10.2 Å². The molecule has 76 valence electrons. The molecule has 0 amide bonds. The highest BCUT2D eigenvalue weighted by molar-refractivity contribution is 5.02. The monoisotopic (exact) mass is 184 g/mol. The fourth-order valence-electron chi connectivity index (χ4n) is 3.28. The highest BCUT2D eigenvalue weighted by Gasteiger charge is 2.51. The van der Waals surface area contributed by atoms with Crippen molar-refractivity contribution in [3.8, 4) is 0 Å². The van der Waals surface area contributed by atoms with Crippen molar-refractivity contribution in [1.82, 2.24) is 0 Å². The molecule has 3 aliphatic carbocycles. The smallest absolute Gasteiger partial charge is 0.0725 e. The largest absolute Gasteiger partial charge is 0.393 e. The molecule has 2 heteroatoms. The van der Waals surface area contributed by atoms with E-state index in [2.05, 4.69) is 13.8 Å². The maximum Gasteiger partial charge on any atom is 0.0725 e. The van der Waals surface area contributed by atoms with Crippen LogP contribution in [0.5, 0.6) is 0 Å². The van der Waals surface area contributed by atoms with Gasteiger partial charge in [0.05, 0.1) is 11.7 Å². The molecule has 3 saturated carbocycles. The van der Waals surface area contributed by atoms with Gasteiger partial charge in [-0.2, -0.15) is 0 Å². The minimum absolute atomic E-state index is 0.137. The second-order valence-electron chi connectivity index (χ2n) is 5.20. The molecule has 4 atom stereocenters. The summed E-state index contributed by atoms with van der Waals surface area (Å²) in [6, 6.07) is 0. The summed E-state index contributed by atoms with van der Waals surface area (Å²) in [5.74, 6) is 0.972. The highest BCUT2D eigenvalue weighted by atomic mass is 16.3. The van der Waals surface area contributed by atoms with Crippen LogP contribution in [0.2, 0.25) is 0 Å². The van der Waals surface area contributed by atoms with Crippen LogP contribution in [0.4, 0.5) is 0 Å². The molecule has 0 heterocycles. The number of aliphatic hydroxyl groups is 2. The Balaban J connectivity index is 2.22. The first-order valence-electron chi connectivity index (χ1n) is 5.44. The number of aliphatic hydroxyl groups excluding tert-OH is 1. The molecule has 3 aliphatic rings. The van der Waals surface area contributed by atoms with Crippen molar-refractivity contribution < 1.29 is 10.2 Å². The third-order valence-electron chi connectivity index (χ3n) is 4.18. The Kier molecular flexibility index (Phi) is 2.16. The van der Waals surface area contributed by atoms with Crippen LogP contribution < -0.4 is 0 Å². The van der Waals surface area contributed by atoms with E-state index >= 15 is 0 Å². The maximum absolute atomic E-state index is 10.4. The van der Waals surface area contributed by atoms with Gasteiger partial charge in [-0.1, -0.05) is 13.8 Å². The number of hydrogen-bond donors (Lipinski definition) is 2. The lowest BCUT2D eigenvalue weighted by atomic mass is 9.57. The summed E-state index contributed by atoms with van der Waals surface area (Å²) in [7, 11) is 0. The first kappa shape index (κ1) is 9.47. The van der Waals surface area contributed by atoms with Gasteiger partial charge in [0.15, 0.2) is 0 Å². The zero-order valence-electron chi connectivity index (χ0n) is 8.53. The molecular weight excluding hydrogens is 164 g/mol. The Bertz CT molecular complexity index is 202. The van der Waals surface area contributed by atoms with Crippen LogP contribution in [0.3, 0.4) is 0 Å². The van der Waals surface area contributed by atoms with Gasteiger partial charge in [-0.15, -0.1) is 0 Å². The SMILES string of the molecule is CC(C)[C@@]1(O)C[C@H]2CC[C@@H]1[C@@H](O)C2. The van der Waals surface area contributed by atoms with Gasteiger partial charge in [0, 0.05) is 5.92 Å². The fraction of sp³-hybridized carbons (Fsp3) is 1.00. The second-order valence-corrected chi connectivity index (χ2v) is 5.20. The van der Waals surface area contributed by atoms with Crippen molar-refractivity contribution in [2.45, 2.75) is 51.2 Å². The minimum Gasteiger partial charge on any atom is -0.393 e. The van der Waals surface area contributed by atoms with Gasteiger partial charge in [0.25, 0.3) is 0 Å². The lowest BCUT2D eigenvalue weighted by Gasteiger charge is -2.53. The van der Waals surface area contributed by atoms with Crippen LogP contribution >= 0.6 is 0 Å². The summed E-state index contributed by atoms with van der Waals surface area (Å²) >= 11 is 0. The van der Waals surface area contributed by atoms with E-state index in [1.54, 1.807) is 0 Å². The molecule has 2 N–H and O–H groups in total. The number of rotatable bonds is 1. The lowest BCUT2D eigenvalue weighted by Crippen LogP contribution is -2.56. The van der Waals surface area contributed by atoms with Crippen molar-refractivity contribution in [3.05, 3.63) is 0 Å². The van der Waals surface area contributed by atoms with Crippen molar-refractivity contribution in [1.29, 1.82) is 0 Å². The van der Waals surface area contributed by atoms with Gasteiger partial charge in [0.2, 0.25) is 0 Å².